The summed E-state index contributed by atoms with van der Waals surface area (Å²) in [6, 6.07) is 7.89. The molecule has 2 N–H and O–H groups in total. The highest BCUT2D eigenvalue weighted by Gasteiger charge is 2.24. The average Bonchev–Trinajstić information content (AvgIpc) is 2.43. The van der Waals surface area contributed by atoms with E-state index < -0.39 is 0 Å². The molecule has 0 radical (unpaired) electrons. The molecule has 0 atom stereocenters. The Morgan fingerprint density at radius 3 is 1.75 bits per heavy atom. The van der Waals surface area contributed by atoms with E-state index in [9.17, 15) is 10.2 Å². The van der Waals surface area contributed by atoms with Gasteiger partial charge in [-0.2, -0.15) is 0 Å². The summed E-state index contributed by atoms with van der Waals surface area (Å²) in [6.45, 7) is 16.6. The Morgan fingerprint density at radius 2 is 1.25 bits per heavy atom. The van der Waals surface area contributed by atoms with Gasteiger partial charge in [-0.3, -0.25) is 0 Å². The summed E-state index contributed by atoms with van der Waals surface area (Å²) in [4.78, 5) is 0. The Morgan fingerprint density at radius 1 is 0.708 bits per heavy atom. The summed E-state index contributed by atoms with van der Waals surface area (Å²) in [5.74, 6) is 0.717. The highest BCUT2D eigenvalue weighted by Crippen LogP contribution is 2.41. The van der Waals surface area contributed by atoms with Crippen molar-refractivity contribution in [3.8, 4) is 22.6 Å². The van der Waals surface area contributed by atoms with Crippen LogP contribution in [0.1, 0.15) is 63.8 Å². The maximum Gasteiger partial charge on any atom is 0.122 e. The lowest BCUT2D eigenvalue weighted by molar-refractivity contribution is 0.442. The molecule has 2 nitrogen and oxygen atoms in total. The number of phenols is 2. The Kier molecular flexibility index (Phi) is 4.47. The van der Waals surface area contributed by atoms with Gasteiger partial charge < -0.3 is 10.2 Å². The van der Waals surface area contributed by atoms with Crippen LogP contribution in [0.3, 0.4) is 0 Å². The first-order valence-electron chi connectivity index (χ1n) is 8.51. The lowest BCUT2D eigenvalue weighted by atomic mass is 9.80. The number of rotatable bonds is 1. The van der Waals surface area contributed by atoms with Gasteiger partial charge in [0.2, 0.25) is 0 Å². The molecule has 24 heavy (non-hydrogen) atoms. The van der Waals surface area contributed by atoms with Crippen molar-refractivity contribution in [1.82, 2.24) is 0 Å². The molecule has 0 amide bonds. The van der Waals surface area contributed by atoms with Gasteiger partial charge in [0, 0.05) is 5.56 Å². The molecule has 130 valence electrons. The van der Waals surface area contributed by atoms with E-state index in [4.69, 9.17) is 0 Å². The molecule has 0 spiro atoms. The fourth-order valence-electron chi connectivity index (χ4n) is 3.08. The van der Waals surface area contributed by atoms with Crippen molar-refractivity contribution in [1.29, 1.82) is 0 Å². The summed E-state index contributed by atoms with van der Waals surface area (Å²) in [6.07, 6.45) is 0. The van der Waals surface area contributed by atoms with Crippen LogP contribution in [0.25, 0.3) is 11.1 Å². The smallest absolute Gasteiger partial charge is 0.122 e. The van der Waals surface area contributed by atoms with Gasteiger partial charge in [0.25, 0.3) is 0 Å². The summed E-state index contributed by atoms with van der Waals surface area (Å²) in [7, 11) is 0. The van der Waals surface area contributed by atoms with E-state index in [0.29, 0.717) is 11.5 Å². The summed E-state index contributed by atoms with van der Waals surface area (Å²) < 4.78 is 0. The Hall–Kier alpha value is -1.96. The van der Waals surface area contributed by atoms with Gasteiger partial charge in [0.1, 0.15) is 11.5 Å². The van der Waals surface area contributed by atoms with E-state index in [1.807, 2.05) is 19.9 Å². The minimum atomic E-state index is -0.138. The molecule has 2 heteroatoms. The second-order valence-electron chi connectivity index (χ2n) is 8.80. The zero-order valence-corrected chi connectivity index (χ0v) is 16.2. The Bertz CT molecular complexity index is 772. The largest absolute Gasteiger partial charge is 0.508 e. The van der Waals surface area contributed by atoms with Crippen LogP contribution in [0.5, 0.6) is 11.5 Å². The van der Waals surface area contributed by atoms with E-state index in [1.54, 1.807) is 6.07 Å². The van der Waals surface area contributed by atoms with Crippen LogP contribution in [0.2, 0.25) is 0 Å². The third-order valence-corrected chi connectivity index (χ3v) is 4.79. The molecule has 0 fully saturated rings. The lowest BCUT2D eigenvalue weighted by Gasteiger charge is -2.25. The van der Waals surface area contributed by atoms with Gasteiger partial charge in [-0.05, 0) is 70.7 Å². The molecule has 0 aromatic heterocycles. The first-order valence-corrected chi connectivity index (χ1v) is 8.51. The van der Waals surface area contributed by atoms with E-state index in [-0.39, 0.29) is 10.8 Å². The van der Waals surface area contributed by atoms with Gasteiger partial charge in [-0.25, -0.2) is 0 Å². The summed E-state index contributed by atoms with van der Waals surface area (Å²) >= 11 is 0. The molecule has 0 bridgehead atoms. The van der Waals surface area contributed by atoms with Gasteiger partial charge in [-0.15, -0.1) is 0 Å². The van der Waals surface area contributed by atoms with Crippen molar-refractivity contribution in [2.75, 3.05) is 0 Å². The number of hydrogen-bond donors (Lipinski definition) is 2. The van der Waals surface area contributed by atoms with Crippen molar-refractivity contribution in [2.45, 2.75) is 66.2 Å². The standard InChI is InChI=1S/C22H30O2/c1-13-14(2)20(24)18(22(6,7)8)12-16(13)15-9-10-19(23)17(11-15)21(3,4)5/h9-12,23-24H,1-8H3. The first kappa shape index (κ1) is 18.4. The van der Waals surface area contributed by atoms with Crippen molar-refractivity contribution < 1.29 is 10.2 Å². The molecule has 0 saturated heterocycles. The van der Waals surface area contributed by atoms with E-state index >= 15 is 0 Å². The van der Waals surface area contributed by atoms with Gasteiger partial charge in [0.05, 0.1) is 0 Å². The van der Waals surface area contributed by atoms with Crippen LogP contribution in [-0.2, 0) is 10.8 Å². The number of aromatic hydroxyl groups is 2. The average molecular weight is 326 g/mol. The normalized spacial score (nSPS) is 12.5. The molecule has 0 saturated carbocycles. The molecule has 0 unspecified atom stereocenters. The summed E-state index contributed by atoms with van der Waals surface area (Å²) in [5.41, 5.74) is 5.79. The van der Waals surface area contributed by atoms with Crippen LogP contribution in [0, 0.1) is 13.8 Å². The second-order valence-corrected chi connectivity index (χ2v) is 8.80. The predicted molar refractivity (Wildman–Crippen MR) is 102 cm³/mol. The highest BCUT2D eigenvalue weighted by atomic mass is 16.3. The van der Waals surface area contributed by atoms with Crippen LogP contribution < -0.4 is 0 Å². The van der Waals surface area contributed by atoms with Gasteiger partial charge in [0.15, 0.2) is 0 Å². The molecular formula is C22H30O2. The molecule has 2 rings (SSSR count). The van der Waals surface area contributed by atoms with Crippen molar-refractivity contribution >= 4 is 0 Å². The summed E-state index contributed by atoms with van der Waals surface area (Å²) in [5, 5.41) is 20.8. The zero-order chi connectivity index (χ0) is 18.4. The van der Waals surface area contributed by atoms with Crippen LogP contribution in [-0.4, -0.2) is 10.2 Å². The molecule has 2 aromatic rings. The van der Waals surface area contributed by atoms with Crippen LogP contribution in [0.15, 0.2) is 24.3 Å². The van der Waals surface area contributed by atoms with Crippen LogP contribution >= 0.6 is 0 Å². The van der Waals surface area contributed by atoms with Gasteiger partial charge in [-0.1, -0.05) is 47.6 Å². The Labute approximate surface area is 146 Å². The molecule has 0 aliphatic carbocycles. The number of phenolic OH excluding ortho intramolecular Hbond substituents is 2. The van der Waals surface area contributed by atoms with Crippen molar-refractivity contribution in [2.24, 2.45) is 0 Å². The van der Waals surface area contributed by atoms with E-state index in [0.717, 1.165) is 33.4 Å². The minimum absolute atomic E-state index is 0.132. The lowest BCUT2D eigenvalue weighted by Crippen LogP contribution is -2.13. The fourth-order valence-corrected chi connectivity index (χ4v) is 3.08. The predicted octanol–water partition coefficient (Wildman–Crippen LogP) is 5.98. The number of benzene rings is 2. The monoisotopic (exact) mass is 326 g/mol. The molecule has 2 aromatic carbocycles. The fraction of sp³-hybridized carbons (Fsp3) is 0.455. The topological polar surface area (TPSA) is 40.5 Å². The van der Waals surface area contributed by atoms with Crippen molar-refractivity contribution in [3.05, 3.63) is 46.5 Å². The molecule has 0 aliphatic rings. The molecule has 0 heterocycles. The third kappa shape index (κ3) is 3.28. The van der Waals surface area contributed by atoms with Gasteiger partial charge >= 0.3 is 0 Å². The SMILES string of the molecule is Cc1c(-c2ccc(O)c(C(C)(C)C)c2)cc(C(C)(C)C)c(O)c1C. The van der Waals surface area contributed by atoms with E-state index in [1.165, 1.54) is 0 Å². The molecule has 0 aliphatic heterocycles. The zero-order valence-electron chi connectivity index (χ0n) is 16.2. The highest BCUT2D eigenvalue weighted by molar-refractivity contribution is 5.74. The quantitative estimate of drug-likeness (QED) is 0.677. The number of hydrogen-bond acceptors (Lipinski definition) is 2. The van der Waals surface area contributed by atoms with E-state index in [2.05, 4.69) is 53.7 Å². The van der Waals surface area contributed by atoms with Crippen LogP contribution in [0.4, 0.5) is 0 Å². The minimum Gasteiger partial charge on any atom is -0.508 e. The molecular weight excluding hydrogens is 296 g/mol. The first-order chi connectivity index (χ1) is 10.8. The maximum atomic E-state index is 10.6. The maximum absolute atomic E-state index is 10.6. The third-order valence-electron chi connectivity index (χ3n) is 4.79. The second kappa shape index (κ2) is 5.84. The van der Waals surface area contributed by atoms with Crippen molar-refractivity contribution in [3.63, 3.8) is 0 Å². The Balaban J connectivity index is 2.76.